The lowest BCUT2D eigenvalue weighted by Gasteiger charge is -2.27. The predicted molar refractivity (Wildman–Crippen MR) is 138 cm³/mol. The Bertz CT molecular complexity index is 1280. The number of methoxy groups -OCH3 is 2. The third-order valence-corrected chi connectivity index (χ3v) is 7.58. The van der Waals surface area contributed by atoms with Gasteiger partial charge >= 0.3 is 0 Å². The van der Waals surface area contributed by atoms with E-state index in [9.17, 15) is 13.2 Å². The minimum absolute atomic E-state index is 0.126. The van der Waals surface area contributed by atoms with Gasteiger partial charge in [0.25, 0.3) is 10.0 Å². The summed E-state index contributed by atoms with van der Waals surface area (Å²) in [4.78, 5) is 13.4. The highest BCUT2D eigenvalue weighted by atomic mass is 32.2. The summed E-state index contributed by atoms with van der Waals surface area (Å²) in [5, 5.41) is 2.99. The standard InChI is InChI=1S/C27H32N2O5S/c1-6-23(21-14-15-25(33-4)26(17-21)34-5)28-27(30)18-29(24-16-19(2)12-13-20(24)3)35(31,32)22-10-8-7-9-11-22/h7-17,23H,6,18H2,1-5H3,(H,28,30). The zero-order valence-corrected chi connectivity index (χ0v) is 21.6. The lowest BCUT2D eigenvalue weighted by Crippen LogP contribution is -2.42. The first-order valence-corrected chi connectivity index (χ1v) is 12.8. The SMILES string of the molecule is CCC(NC(=O)CN(c1cc(C)ccc1C)S(=O)(=O)c1ccccc1)c1ccc(OC)c(OC)c1. The number of carbonyl (C=O) groups excluding carboxylic acids is 1. The van der Waals surface area contributed by atoms with Crippen LogP contribution in [-0.4, -0.2) is 35.1 Å². The number of sulfonamides is 1. The Labute approximate surface area is 207 Å². The first-order valence-electron chi connectivity index (χ1n) is 11.4. The molecule has 3 aromatic rings. The van der Waals surface area contributed by atoms with Crippen LogP contribution in [0, 0.1) is 13.8 Å². The van der Waals surface area contributed by atoms with Gasteiger partial charge in [-0.3, -0.25) is 9.10 Å². The Morgan fingerprint density at radius 2 is 1.63 bits per heavy atom. The van der Waals surface area contributed by atoms with Crippen LogP contribution in [-0.2, 0) is 14.8 Å². The molecule has 186 valence electrons. The molecule has 1 atom stereocenters. The molecule has 0 aliphatic heterocycles. The van der Waals surface area contributed by atoms with E-state index in [1.165, 1.54) is 16.4 Å². The number of ether oxygens (including phenoxy) is 2. The third kappa shape index (κ3) is 5.95. The van der Waals surface area contributed by atoms with Crippen molar-refractivity contribution >= 4 is 21.6 Å². The van der Waals surface area contributed by atoms with E-state index in [0.29, 0.717) is 23.6 Å². The number of anilines is 1. The second-order valence-corrected chi connectivity index (χ2v) is 10.1. The summed E-state index contributed by atoms with van der Waals surface area (Å²) in [6, 6.07) is 18.8. The molecule has 0 aromatic heterocycles. The van der Waals surface area contributed by atoms with Gasteiger partial charge in [-0.05, 0) is 67.3 Å². The number of carbonyl (C=O) groups is 1. The number of aryl methyl sites for hydroxylation is 2. The van der Waals surface area contributed by atoms with Crippen LogP contribution in [0.2, 0.25) is 0 Å². The molecule has 1 unspecified atom stereocenters. The topological polar surface area (TPSA) is 84.9 Å². The third-order valence-electron chi connectivity index (χ3n) is 5.81. The van der Waals surface area contributed by atoms with E-state index in [0.717, 1.165) is 16.7 Å². The molecular formula is C27H32N2O5S. The Morgan fingerprint density at radius 3 is 2.26 bits per heavy atom. The Balaban J connectivity index is 1.94. The molecule has 0 saturated carbocycles. The Hall–Kier alpha value is -3.52. The fourth-order valence-electron chi connectivity index (χ4n) is 3.87. The van der Waals surface area contributed by atoms with E-state index in [1.54, 1.807) is 44.6 Å². The van der Waals surface area contributed by atoms with Gasteiger partial charge < -0.3 is 14.8 Å². The number of hydrogen-bond donors (Lipinski definition) is 1. The van der Waals surface area contributed by atoms with E-state index >= 15 is 0 Å². The molecule has 1 N–H and O–H groups in total. The maximum Gasteiger partial charge on any atom is 0.264 e. The highest BCUT2D eigenvalue weighted by Gasteiger charge is 2.29. The average Bonchev–Trinajstić information content (AvgIpc) is 2.87. The highest BCUT2D eigenvalue weighted by molar-refractivity contribution is 7.92. The maximum absolute atomic E-state index is 13.6. The largest absolute Gasteiger partial charge is 0.493 e. The van der Waals surface area contributed by atoms with Crippen molar-refractivity contribution in [2.45, 2.75) is 38.1 Å². The number of rotatable bonds is 10. The summed E-state index contributed by atoms with van der Waals surface area (Å²) in [6.07, 6.45) is 0.607. The van der Waals surface area contributed by atoms with Gasteiger partial charge in [0.15, 0.2) is 11.5 Å². The fourth-order valence-corrected chi connectivity index (χ4v) is 5.37. The predicted octanol–water partition coefficient (Wildman–Crippen LogP) is 4.78. The lowest BCUT2D eigenvalue weighted by atomic mass is 10.0. The average molecular weight is 497 g/mol. The molecule has 0 radical (unpaired) electrons. The van der Waals surface area contributed by atoms with Crippen molar-refractivity contribution in [2.24, 2.45) is 0 Å². The highest BCUT2D eigenvalue weighted by Crippen LogP contribution is 2.31. The number of amides is 1. The molecular weight excluding hydrogens is 464 g/mol. The molecule has 0 aliphatic rings. The van der Waals surface area contributed by atoms with Gasteiger partial charge in [-0.15, -0.1) is 0 Å². The summed E-state index contributed by atoms with van der Waals surface area (Å²) in [5.41, 5.74) is 2.97. The zero-order chi connectivity index (χ0) is 25.6. The minimum Gasteiger partial charge on any atom is -0.493 e. The van der Waals surface area contributed by atoms with Crippen LogP contribution in [0.5, 0.6) is 11.5 Å². The summed E-state index contributed by atoms with van der Waals surface area (Å²) in [7, 11) is -0.865. The van der Waals surface area contributed by atoms with Gasteiger partial charge in [-0.2, -0.15) is 0 Å². The normalized spacial score (nSPS) is 12.0. The summed E-state index contributed by atoms with van der Waals surface area (Å²) in [5.74, 6) is 0.737. The number of hydrogen-bond acceptors (Lipinski definition) is 5. The first-order chi connectivity index (χ1) is 16.7. The molecule has 0 bridgehead atoms. The maximum atomic E-state index is 13.6. The molecule has 1 amide bonds. The molecule has 3 rings (SSSR count). The van der Waals surface area contributed by atoms with Crippen LogP contribution >= 0.6 is 0 Å². The molecule has 0 saturated heterocycles. The molecule has 0 heterocycles. The number of nitrogens with zero attached hydrogens (tertiary/aromatic N) is 1. The Morgan fingerprint density at radius 1 is 0.943 bits per heavy atom. The van der Waals surface area contributed by atoms with E-state index < -0.39 is 15.9 Å². The molecule has 0 aliphatic carbocycles. The van der Waals surface area contributed by atoms with Crippen molar-refractivity contribution in [3.63, 3.8) is 0 Å². The van der Waals surface area contributed by atoms with E-state index in [4.69, 9.17) is 9.47 Å². The fraction of sp³-hybridized carbons (Fsp3) is 0.296. The van der Waals surface area contributed by atoms with Crippen LogP contribution in [0.1, 0.15) is 36.1 Å². The molecule has 7 nitrogen and oxygen atoms in total. The van der Waals surface area contributed by atoms with Crippen molar-refractivity contribution in [2.75, 3.05) is 25.1 Å². The van der Waals surface area contributed by atoms with Gasteiger partial charge in [0, 0.05) is 0 Å². The summed E-state index contributed by atoms with van der Waals surface area (Å²) >= 11 is 0. The molecule has 0 spiro atoms. The van der Waals surface area contributed by atoms with E-state index in [2.05, 4.69) is 5.32 Å². The molecule has 3 aromatic carbocycles. The van der Waals surface area contributed by atoms with Crippen LogP contribution in [0.3, 0.4) is 0 Å². The monoisotopic (exact) mass is 496 g/mol. The number of benzene rings is 3. The number of nitrogens with one attached hydrogen (secondary N) is 1. The van der Waals surface area contributed by atoms with Crippen molar-refractivity contribution in [1.29, 1.82) is 0 Å². The zero-order valence-electron chi connectivity index (χ0n) is 20.7. The quantitative estimate of drug-likeness (QED) is 0.437. The van der Waals surface area contributed by atoms with Crippen molar-refractivity contribution in [3.05, 3.63) is 83.4 Å². The van der Waals surface area contributed by atoms with Crippen LogP contribution in [0.25, 0.3) is 0 Å². The van der Waals surface area contributed by atoms with E-state index in [-0.39, 0.29) is 17.5 Å². The van der Waals surface area contributed by atoms with Crippen molar-refractivity contribution in [3.8, 4) is 11.5 Å². The molecule has 0 fully saturated rings. The van der Waals surface area contributed by atoms with Gasteiger partial charge in [-0.25, -0.2) is 8.42 Å². The van der Waals surface area contributed by atoms with Crippen LogP contribution in [0.15, 0.2) is 71.6 Å². The van der Waals surface area contributed by atoms with Gasteiger partial charge in [0.2, 0.25) is 5.91 Å². The van der Waals surface area contributed by atoms with Crippen LogP contribution < -0.4 is 19.1 Å². The molecule has 35 heavy (non-hydrogen) atoms. The summed E-state index contributed by atoms with van der Waals surface area (Å²) < 4.78 is 39.1. The van der Waals surface area contributed by atoms with Gasteiger partial charge in [0.1, 0.15) is 6.54 Å². The van der Waals surface area contributed by atoms with Gasteiger partial charge in [0.05, 0.1) is 30.8 Å². The second-order valence-electron chi connectivity index (χ2n) is 8.26. The first kappa shape index (κ1) is 26.1. The van der Waals surface area contributed by atoms with Crippen LogP contribution in [0.4, 0.5) is 5.69 Å². The lowest BCUT2D eigenvalue weighted by molar-refractivity contribution is -0.120. The minimum atomic E-state index is -3.98. The van der Waals surface area contributed by atoms with Crippen molar-refractivity contribution in [1.82, 2.24) is 5.32 Å². The Kier molecular flexibility index (Phi) is 8.40. The second kappa shape index (κ2) is 11.3. The van der Waals surface area contributed by atoms with E-state index in [1.807, 2.05) is 45.0 Å². The van der Waals surface area contributed by atoms with Gasteiger partial charge in [-0.1, -0.05) is 43.3 Å². The van der Waals surface area contributed by atoms with Crippen molar-refractivity contribution < 1.29 is 22.7 Å². The summed E-state index contributed by atoms with van der Waals surface area (Å²) in [6.45, 7) is 5.31. The smallest absolute Gasteiger partial charge is 0.264 e. The molecule has 8 heteroatoms.